The molecule has 2 unspecified atom stereocenters. The van der Waals surface area contributed by atoms with Gasteiger partial charge < -0.3 is 20.1 Å². The van der Waals surface area contributed by atoms with Crippen LogP contribution in [0.2, 0.25) is 0 Å². The van der Waals surface area contributed by atoms with Gasteiger partial charge in [-0.3, -0.25) is 0 Å². The fourth-order valence-corrected chi connectivity index (χ4v) is 3.14. The summed E-state index contributed by atoms with van der Waals surface area (Å²) in [5, 5.41) is 6.41. The summed E-state index contributed by atoms with van der Waals surface area (Å²) in [4.78, 5) is 11.8. The minimum absolute atomic E-state index is 0.161. The minimum Gasteiger partial charge on any atom is -0.444 e. The first-order chi connectivity index (χ1) is 10.8. The fourth-order valence-electron chi connectivity index (χ4n) is 3.14. The first kappa shape index (κ1) is 16.1. The molecule has 0 spiro atoms. The molecule has 2 bridgehead atoms. The zero-order chi connectivity index (χ0) is 16.6. The van der Waals surface area contributed by atoms with E-state index >= 15 is 0 Å². The van der Waals surface area contributed by atoms with Crippen molar-refractivity contribution in [2.45, 2.75) is 58.4 Å². The van der Waals surface area contributed by atoms with Gasteiger partial charge in [0.15, 0.2) is 0 Å². The number of hydrogen-bond donors (Lipinski definition) is 2. The van der Waals surface area contributed by atoms with Crippen molar-refractivity contribution in [2.24, 2.45) is 5.92 Å². The van der Waals surface area contributed by atoms with E-state index in [1.165, 1.54) is 5.56 Å². The number of anilines is 1. The number of carbonyl (C=O) groups is 1. The Kier molecular flexibility index (Phi) is 4.23. The monoisotopic (exact) mass is 318 g/mol. The van der Waals surface area contributed by atoms with Crippen LogP contribution in [-0.2, 0) is 16.0 Å². The lowest BCUT2D eigenvalue weighted by atomic mass is 9.85. The lowest BCUT2D eigenvalue weighted by Crippen LogP contribution is -2.41. The number of ether oxygens (including phenoxy) is 2. The molecule has 0 radical (unpaired) electrons. The van der Waals surface area contributed by atoms with Crippen molar-refractivity contribution in [3.05, 3.63) is 29.3 Å². The Morgan fingerprint density at radius 3 is 2.96 bits per heavy atom. The second-order valence-electron chi connectivity index (χ2n) is 7.56. The summed E-state index contributed by atoms with van der Waals surface area (Å²) in [6.45, 7) is 9.04. The summed E-state index contributed by atoms with van der Waals surface area (Å²) in [6, 6.07) is 6.74. The molecule has 1 aromatic rings. The van der Waals surface area contributed by atoms with E-state index in [1.807, 2.05) is 26.8 Å². The van der Waals surface area contributed by atoms with Crippen molar-refractivity contribution >= 4 is 11.8 Å². The Morgan fingerprint density at radius 1 is 1.43 bits per heavy atom. The van der Waals surface area contributed by atoms with Crippen LogP contribution in [0.1, 0.15) is 51.3 Å². The van der Waals surface area contributed by atoms with Crippen LogP contribution in [0.15, 0.2) is 18.2 Å². The topological polar surface area (TPSA) is 59.6 Å². The largest absolute Gasteiger partial charge is 0.444 e. The summed E-state index contributed by atoms with van der Waals surface area (Å²) >= 11 is 0. The number of fused-ring (bicyclic) bond motifs is 4. The highest BCUT2D eigenvalue weighted by atomic mass is 16.6. The zero-order valence-corrected chi connectivity index (χ0v) is 14.3. The quantitative estimate of drug-likeness (QED) is 0.874. The molecule has 126 valence electrons. The van der Waals surface area contributed by atoms with Gasteiger partial charge in [-0.25, -0.2) is 4.79 Å². The summed E-state index contributed by atoms with van der Waals surface area (Å²) < 4.78 is 11.2. The molecule has 5 heteroatoms. The van der Waals surface area contributed by atoms with Crippen molar-refractivity contribution in [3.63, 3.8) is 0 Å². The molecule has 0 aromatic heterocycles. The summed E-state index contributed by atoms with van der Waals surface area (Å²) in [5.74, 6) is 0.535. The third-order valence-electron chi connectivity index (χ3n) is 4.35. The van der Waals surface area contributed by atoms with Crippen LogP contribution >= 0.6 is 0 Å². The number of nitrogens with one attached hydrogen (secondary N) is 2. The zero-order valence-electron chi connectivity index (χ0n) is 14.3. The molecule has 1 aromatic carbocycles. The Morgan fingerprint density at radius 2 is 2.22 bits per heavy atom. The maximum Gasteiger partial charge on any atom is 0.407 e. The Hall–Kier alpha value is -1.75. The van der Waals surface area contributed by atoms with E-state index in [-0.39, 0.29) is 6.10 Å². The molecule has 5 nitrogen and oxygen atoms in total. The van der Waals surface area contributed by atoms with Crippen molar-refractivity contribution in [2.75, 3.05) is 11.9 Å². The molecule has 2 aliphatic rings. The maximum absolute atomic E-state index is 11.8. The fraction of sp³-hybridized carbons (Fsp3) is 0.611. The second-order valence-corrected chi connectivity index (χ2v) is 7.56. The number of alkyl carbamates (subject to hydrolysis) is 1. The lowest BCUT2D eigenvalue weighted by Gasteiger charge is -2.41. The van der Waals surface area contributed by atoms with E-state index < -0.39 is 11.7 Å². The van der Waals surface area contributed by atoms with Gasteiger partial charge in [-0.2, -0.15) is 0 Å². The first-order valence-corrected chi connectivity index (χ1v) is 8.29. The van der Waals surface area contributed by atoms with Crippen molar-refractivity contribution in [3.8, 4) is 0 Å². The predicted molar refractivity (Wildman–Crippen MR) is 89.4 cm³/mol. The lowest BCUT2D eigenvalue weighted by molar-refractivity contribution is -0.0227. The highest BCUT2D eigenvalue weighted by Crippen LogP contribution is 2.41. The van der Waals surface area contributed by atoms with Crippen molar-refractivity contribution in [1.82, 2.24) is 5.32 Å². The van der Waals surface area contributed by atoms with E-state index in [9.17, 15) is 4.79 Å². The maximum atomic E-state index is 11.8. The van der Waals surface area contributed by atoms with E-state index in [0.717, 1.165) is 24.3 Å². The predicted octanol–water partition coefficient (Wildman–Crippen LogP) is 3.60. The molecule has 3 atom stereocenters. The normalized spacial score (nSPS) is 26.0. The molecule has 2 heterocycles. The van der Waals surface area contributed by atoms with Gasteiger partial charge in [0.25, 0.3) is 0 Å². The van der Waals surface area contributed by atoms with E-state index in [2.05, 4.69) is 29.7 Å². The van der Waals surface area contributed by atoms with E-state index in [0.29, 0.717) is 18.5 Å². The van der Waals surface area contributed by atoms with E-state index in [1.54, 1.807) is 0 Å². The second kappa shape index (κ2) is 6.04. The minimum atomic E-state index is -0.481. The first-order valence-electron chi connectivity index (χ1n) is 8.29. The molecule has 23 heavy (non-hydrogen) atoms. The van der Waals surface area contributed by atoms with Gasteiger partial charge in [-0.1, -0.05) is 13.0 Å². The number of amides is 1. The highest BCUT2D eigenvalue weighted by Gasteiger charge is 2.34. The van der Waals surface area contributed by atoms with Gasteiger partial charge in [0.2, 0.25) is 0 Å². The van der Waals surface area contributed by atoms with Crippen molar-refractivity contribution < 1.29 is 14.3 Å². The molecule has 0 saturated carbocycles. The number of rotatable bonds is 2. The third-order valence-corrected chi connectivity index (χ3v) is 4.35. The summed E-state index contributed by atoms with van der Waals surface area (Å²) in [6.07, 6.45) is 0.780. The van der Waals surface area contributed by atoms with Gasteiger partial charge in [0.1, 0.15) is 5.60 Å². The van der Waals surface area contributed by atoms with Crippen LogP contribution < -0.4 is 10.6 Å². The van der Waals surface area contributed by atoms with Crippen LogP contribution in [0.25, 0.3) is 0 Å². The number of hydrogen-bond acceptors (Lipinski definition) is 4. The van der Waals surface area contributed by atoms with Gasteiger partial charge in [-0.15, -0.1) is 0 Å². The van der Waals surface area contributed by atoms with Crippen LogP contribution in [0.4, 0.5) is 10.5 Å². The molecule has 2 aliphatic heterocycles. The van der Waals surface area contributed by atoms with E-state index in [4.69, 9.17) is 9.47 Å². The van der Waals surface area contributed by atoms with Crippen molar-refractivity contribution in [1.29, 1.82) is 0 Å². The molecule has 1 saturated heterocycles. The number of carbonyl (C=O) groups excluding carboxylic acids is 1. The average molecular weight is 318 g/mol. The average Bonchev–Trinajstić information content (AvgIpc) is 2.47. The Labute approximate surface area is 137 Å². The number of benzene rings is 1. The van der Waals surface area contributed by atoms with Crippen LogP contribution in [0.5, 0.6) is 0 Å². The Balaban J connectivity index is 1.66. The summed E-state index contributed by atoms with van der Waals surface area (Å²) in [5.41, 5.74) is 2.92. The third kappa shape index (κ3) is 3.78. The highest BCUT2D eigenvalue weighted by molar-refractivity contribution is 5.67. The SMILES string of the molecule is C[C@@H]1COC2CC1Nc1ccc(CNC(=O)OC(C)(C)C)cc12. The van der Waals surface area contributed by atoms with Crippen LogP contribution in [0, 0.1) is 5.92 Å². The van der Waals surface area contributed by atoms with Crippen LogP contribution in [-0.4, -0.2) is 24.3 Å². The standard InChI is InChI=1S/C18H26N2O3/c1-11-10-22-16-8-15(11)20-14-6-5-12(7-13(14)16)9-19-17(21)23-18(2,3)4/h5-7,11,15-16,20H,8-10H2,1-4H3,(H,19,21)/t11-,15?,16?/m1/s1. The molecule has 0 aliphatic carbocycles. The smallest absolute Gasteiger partial charge is 0.407 e. The molecule has 3 rings (SSSR count). The van der Waals surface area contributed by atoms with Gasteiger partial charge >= 0.3 is 6.09 Å². The molecule has 2 N–H and O–H groups in total. The van der Waals surface area contributed by atoms with Gasteiger partial charge in [0, 0.05) is 23.8 Å². The molecular formula is C18H26N2O3. The van der Waals surface area contributed by atoms with Crippen LogP contribution in [0.3, 0.4) is 0 Å². The van der Waals surface area contributed by atoms with Gasteiger partial charge in [0.05, 0.1) is 12.7 Å². The summed E-state index contributed by atoms with van der Waals surface area (Å²) in [7, 11) is 0. The molecule has 1 fully saturated rings. The molecule has 1 amide bonds. The molecular weight excluding hydrogens is 292 g/mol. The Bertz CT molecular complexity index is 594. The van der Waals surface area contributed by atoms with Gasteiger partial charge in [-0.05, 0) is 50.8 Å².